The van der Waals surface area contributed by atoms with Crippen LogP contribution in [0.3, 0.4) is 0 Å². The van der Waals surface area contributed by atoms with Crippen molar-refractivity contribution in [2.45, 2.75) is 57.0 Å². The van der Waals surface area contributed by atoms with Gasteiger partial charge in [0.1, 0.15) is 5.82 Å². The van der Waals surface area contributed by atoms with E-state index in [0.29, 0.717) is 37.6 Å². The van der Waals surface area contributed by atoms with Crippen LogP contribution in [0.4, 0.5) is 19.0 Å². The highest BCUT2D eigenvalue weighted by Crippen LogP contribution is 2.30. The maximum Gasteiger partial charge on any atom is 0.434 e. The molecule has 2 saturated heterocycles. The molecule has 1 aromatic heterocycles. The summed E-state index contributed by atoms with van der Waals surface area (Å²) in [5.74, 6) is 0.299. The third-order valence-corrected chi connectivity index (χ3v) is 6.61. The Morgan fingerprint density at radius 1 is 1.12 bits per heavy atom. The lowest BCUT2D eigenvalue weighted by Crippen LogP contribution is -2.56. The Hall–Kier alpha value is -1.90. The first kappa shape index (κ1) is 23.3. The molecule has 2 fully saturated rings. The van der Waals surface area contributed by atoms with Crippen LogP contribution in [0.1, 0.15) is 37.4 Å². The van der Waals surface area contributed by atoms with E-state index in [1.165, 1.54) is 11.8 Å². The molecule has 0 saturated carbocycles. The van der Waals surface area contributed by atoms with E-state index < -0.39 is 11.9 Å². The van der Waals surface area contributed by atoms with Gasteiger partial charge < -0.3 is 9.64 Å². The van der Waals surface area contributed by atoms with E-state index in [1.54, 1.807) is 0 Å². The molecule has 2 aliphatic rings. The summed E-state index contributed by atoms with van der Waals surface area (Å²) in [6.07, 6.45) is 1.58. The molecule has 0 radical (unpaired) electrons. The smallest absolute Gasteiger partial charge is 0.376 e. The summed E-state index contributed by atoms with van der Waals surface area (Å²) in [7, 11) is 0. The SMILES string of the molecule is C[C@H]1CN(C2CCN(c3cncc(C(F)(F)F)n3)CC2)[C@@H](CCc2ccc(Cl)cc2)CO1. The van der Waals surface area contributed by atoms with Crippen LogP contribution >= 0.6 is 11.6 Å². The average Bonchev–Trinajstić information content (AvgIpc) is 2.79. The van der Waals surface area contributed by atoms with Gasteiger partial charge in [-0.2, -0.15) is 13.2 Å². The molecule has 174 valence electrons. The maximum atomic E-state index is 13.0. The van der Waals surface area contributed by atoms with Crippen molar-refractivity contribution >= 4 is 17.4 Å². The molecule has 2 aromatic rings. The topological polar surface area (TPSA) is 41.5 Å². The standard InChI is InChI=1S/C23H28ClF3N4O/c1-16-14-31(20(15-32-16)7-4-17-2-5-18(24)6-3-17)19-8-10-30(11-9-19)22-13-28-12-21(29-22)23(25,26)27/h2-3,5-6,12-13,16,19-20H,4,7-11,14-15H2,1H3/t16-,20-/m0/s1. The minimum absolute atomic E-state index is 0.175. The molecule has 2 aliphatic heterocycles. The van der Waals surface area contributed by atoms with Crippen molar-refractivity contribution in [1.82, 2.24) is 14.9 Å². The van der Waals surface area contributed by atoms with E-state index in [9.17, 15) is 13.2 Å². The Kier molecular flexibility index (Phi) is 7.22. The third kappa shape index (κ3) is 5.71. The van der Waals surface area contributed by atoms with Crippen LogP contribution in [-0.2, 0) is 17.3 Å². The molecule has 2 atom stereocenters. The summed E-state index contributed by atoms with van der Waals surface area (Å²) in [4.78, 5) is 12.0. The van der Waals surface area contributed by atoms with Crippen LogP contribution in [0, 0.1) is 0 Å². The van der Waals surface area contributed by atoms with Crippen molar-refractivity contribution < 1.29 is 17.9 Å². The van der Waals surface area contributed by atoms with Gasteiger partial charge in [-0.15, -0.1) is 0 Å². The van der Waals surface area contributed by atoms with Gasteiger partial charge in [0.05, 0.1) is 25.1 Å². The first-order valence-corrected chi connectivity index (χ1v) is 11.4. The van der Waals surface area contributed by atoms with Crippen LogP contribution in [0.5, 0.6) is 0 Å². The lowest BCUT2D eigenvalue weighted by atomic mass is 9.96. The summed E-state index contributed by atoms with van der Waals surface area (Å²) in [6.45, 7) is 5.00. The number of piperidine rings is 1. The molecular formula is C23H28ClF3N4O. The normalized spacial score (nSPS) is 23.5. The molecule has 5 nitrogen and oxygen atoms in total. The summed E-state index contributed by atoms with van der Waals surface area (Å²) in [6, 6.07) is 8.67. The first-order chi connectivity index (χ1) is 15.3. The molecule has 0 spiro atoms. The summed E-state index contributed by atoms with van der Waals surface area (Å²) in [5, 5.41) is 0.738. The summed E-state index contributed by atoms with van der Waals surface area (Å²) >= 11 is 5.99. The number of halogens is 4. The van der Waals surface area contributed by atoms with Gasteiger partial charge in [-0.1, -0.05) is 23.7 Å². The van der Waals surface area contributed by atoms with Crippen LogP contribution in [0.25, 0.3) is 0 Å². The van der Waals surface area contributed by atoms with Crippen molar-refractivity contribution in [3.63, 3.8) is 0 Å². The highest BCUT2D eigenvalue weighted by molar-refractivity contribution is 6.30. The number of hydrogen-bond acceptors (Lipinski definition) is 5. The van der Waals surface area contributed by atoms with E-state index in [0.717, 1.165) is 43.4 Å². The second-order valence-corrected chi connectivity index (χ2v) is 9.07. The van der Waals surface area contributed by atoms with Crippen molar-refractivity contribution in [3.8, 4) is 0 Å². The molecule has 4 rings (SSSR count). The van der Waals surface area contributed by atoms with Gasteiger partial charge in [0.2, 0.25) is 0 Å². The molecule has 0 amide bonds. The monoisotopic (exact) mass is 468 g/mol. The van der Waals surface area contributed by atoms with Crippen LogP contribution in [0.2, 0.25) is 5.02 Å². The number of nitrogens with zero attached hydrogens (tertiary/aromatic N) is 4. The second kappa shape index (κ2) is 9.93. The Morgan fingerprint density at radius 3 is 2.53 bits per heavy atom. The van der Waals surface area contributed by atoms with Crippen molar-refractivity contribution in [2.24, 2.45) is 0 Å². The molecule has 0 bridgehead atoms. The van der Waals surface area contributed by atoms with Gasteiger partial charge in [-0.3, -0.25) is 9.88 Å². The largest absolute Gasteiger partial charge is 0.434 e. The second-order valence-electron chi connectivity index (χ2n) is 8.64. The zero-order valence-electron chi connectivity index (χ0n) is 18.1. The van der Waals surface area contributed by atoms with Crippen molar-refractivity contribution in [1.29, 1.82) is 0 Å². The number of anilines is 1. The minimum atomic E-state index is -4.48. The Bertz CT molecular complexity index is 888. The molecule has 0 N–H and O–H groups in total. The molecule has 0 aliphatic carbocycles. The lowest BCUT2D eigenvalue weighted by molar-refractivity contribution is -0.141. The number of alkyl halides is 3. The quantitative estimate of drug-likeness (QED) is 0.628. The zero-order valence-corrected chi connectivity index (χ0v) is 18.8. The minimum Gasteiger partial charge on any atom is -0.376 e. The number of morpholine rings is 1. The number of hydrogen-bond donors (Lipinski definition) is 0. The fourth-order valence-corrected chi connectivity index (χ4v) is 4.75. The van der Waals surface area contributed by atoms with Crippen molar-refractivity contribution in [2.75, 3.05) is 31.1 Å². The fourth-order valence-electron chi connectivity index (χ4n) is 4.62. The van der Waals surface area contributed by atoms with E-state index in [-0.39, 0.29) is 6.10 Å². The number of benzene rings is 1. The average molecular weight is 469 g/mol. The van der Waals surface area contributed by atoms with Gasteiger partial charge >= 0.3 is 6.18 Å². The molecule has 3 heterocycles. The summed E-state index contributed by atoms with van der Waals surface area (Å²) in [5.41, 5.74) is 0.312. The molecule has 9 heteroatoms. The van der Waals surface area contributed by atoms with Gasteiger partial charge in [0, 0.05) is 36.7 Å². The van der Waals surface area contributed by atoms with E-state index >= 15 is 0 Å². The number of aromatic nitrogens is 2. The molecule has 1 aromatic carbocycles. The van der Waals surface area contributed by atoms with Gasteiger partial charge in [0.25, 0.3) is 0 Å². The Balaban J connectivity index is 1.37. The fraction of sp³-hybridized carbons (Fsp3) is 0.565. The molecule has 32 heavy (non-hydrogen) atoms. The predicted octanol–water partition coefficient (Wildman–Crippen LogP) is 4.84. The maximum absolute atomic E-state index is 13.0. The van der Waals surface area contributed by atoms with Crippen LogP contribution in [0.15, 0.2) is 36.7 Å². The summed E-state index contributed by atoms with van der Waals surface area (Å²) < 4.78 is 44.9. The zero-order chi connectivity index (χ0) is 22.7. The Morgan fingerprint density at radius 2 is 1.84 bits per heavy atom. The van der Waals surface area contributed by atoms with E-state index in [1.807, 2.05) is 17.0 Å². The molecule has 0 unspecified atom stereocenters. The highest BCUT2D eigenvalue weighted by atomic mass is 35.5. The van der Waals surface area contributed by atoms with Crippen LogP contribution in [-0.4, -0.2) is 59.3 Å². The first-order valence-electron chi connectivity index (χ1n) is 11.1. The van der Waals surface area contributed by atoms with E-state index in [2.05, 4.69) is 33.9 Å². The van der Waals surface area contributed by atoms with Gasteiger partial charge in [0.15, 0.2) is 5.69 Å². The van der Waals surface area contributed by atoms with Gasteiger partial charge in [-0.05, 0) is 50.3 Å². The van der Waals surface area contributed by atoms with Gasteiger partial charge in [-0.25, -0.2) is 4.98 Å². The number of ether oxygens (including phenoxy) is 1. The number of rotatable bonds is 5. The molecular weight excluding hydrogens is 441 g/mol. The highest BCUT2D eigenvalue weighted by Gasteiger charge is 2.36. The van der Waals surface area contributed by atoms with Crippen molar-refractivity contribution in [3.05, 3.63) is 52.9 Å². The lowest BCUT2D eigenvalue weighted by Gasteiger charge is -2.46. The Labute approximate surface area is 191 Å². The van der Waals surface area contributed by atoms with E-state index in [4.69, 9.17) is 16.3 Å². The third-order valence-electron chi connectivity index (χ3n) is 6.36. The van der Waals surface area contributed by atoms with Crippen LogP contribution < -0.4 is 4.90 Å². The number of aryl methyl sites for hydroxylation is 1. The predicted molar refractivity (Wildman–Crippen MR) is 118 cm³/mol.